The Balaban J connectivity index is 1.26. The highest BCUT2D eigenvalue weighted by Crippen LogP contribution is 2.46. The number of nitrogens with one attached hydrogen (secondary N) is 3. The van der Waals surface area contributed by atoms with Crippen LogP contribution in [0.1, 0.15) is 76.8 Å². The van der Waals surface area contributed by atoms with Crippen LogP contribution < -0.4 is 15.4 Å². The molecule has 5 atom stereocenters. The molecule has 2 aromatic rings. The van der Waals surface area contributed by atoms with Gasteiger partial charge in [-0.25, -0.2) is 22.7 Å². The molecule has 18 heteroatoms. The van der Waals surface area contributed by atoms with Crippen LogP contribution >= 0.6 is 34.5 Å². The first kappa shape index (κ1) is 39.8. The Bertz CT molecular complexity index is 1970. The van der Waals surface area contributed by atoms with E-state index < -0.39 is 75.2 Å². The summed E-state index contributed by atoms with van der Waals surface area (Å²) in [5.74, 6) is -2.78. The highest BCUT2D eigenvalue weighted by Gasteiger charge is 2.62. The molecule has 1 aromatic heterocycles. The summed E-state index contributed by atoms with van der Waals surface area (Å²) in [7, 11) is -4.32. The van der Waals surface area contributed by atoms with Gasteiger partial charge >= 0.3 is 12.2 Å². The van der Waals surface area contributed by atoms with E-state index in [0.29, 0.717) is 30.8 Å². The van der Waals surface area contributed by atoms with Crippen LogP contribution in [0.3, 0.4) is 0 Å². The zero-order chi connectivity index (χ0) is 39.0. The number of rotatable bonds is 5. The minimum Gasteiger partial charge on any atom is -0.444 e. The van der Waals surface area contributed by atoms with E-state index in [1.165, 1.54) is 21.9 Å². The predicted octanol–water partition coefficient (Wildman–Crippen LogP) is 5.27. The smallest absolute Gasteiger partial charge is 0.410 e. The number of carbonyl (C=O) groups is 5. The summed E-state index contributed by atoms with van der Waals surface area (Å²) < 4.78 is 39.8. The Morgan fingerprint density at radius 1 is 1.04 bits per heavy atom. The minimum atomic E-state index is -4.32. The molecule has 1 aliphatic carbocycles. The van der Waals surface area contributed by atoms with E-state index in [1.54, 1.807) is 39.0 Å². The standard InChI is InChI=1S/C36H43Cl2N5O9S2/c1-35(2,3)52-33(47)39-26-10-8-6-4-5-7-9-23-17-36(23,32(46)41-54(49,50)29-14-13-28(38)53-29)40-30(44)27-16-25(20-43(27)31(26)45)51-34(48)42-18-21-11-12-24(37)15-22(21)19-42/h7,9,11-15,23,25-27H,4-6,8,10,16-20H2,1-3H3,(H,39,47)(H,40,44)(H,41,46)/b9-7-/t23-,25-,26+,27+,36-/m1/s1. The second kappa shape index (κ2) is 15.7. The van der Waals surface area contributed by atoms with E-state index in [1.807, 2.05) is 12.1 Å². The molecule has 0 radical (unpaired) electrons. The van der Waals surface area contributed by atoms with Crippen LogP contribution in [-0.2, 0) is 47.0 Å². The van der Waals surface area contributed by atoms with Gasteiger partial charge in [0.25, 0.3) is 15.9 Å². The Morgan fingerprint density at radius 3 is 2.52 bits per heavy atom. The Labute approximate surface area is 327 Å². The normalized spacial score (nSPS) is 26.6. The van der Waals surface area contributed by atoms with Crippen molar-refractivity contribution in [3.63, 3.8) is 0 Å². The van der Waals surface area contributed by atoms with Gasteiger partial charge in [-0.3, -0.25) is 19.3 Å². The molecule has 0 unspecified atom stereocenters. The summed E-state index contributed by atoms with van der Waals surface area (Å²) in [4.78, 5) is 71.6. The molecular formula is C36H43Cl2N5O9S2. The summed E-state index contributed by atoms with van der Waals surface area (Å²) in [5, 5.41) is 6.00. The maximum atomic E-state index is 14.4. The van der Waals surface area contributed by atoms with E-state index in [4.69, 9.17) is 32.7 Å². The fourth-order valence-corrected chi connectivity index (χ4v) is 9.75. The number of alkyl carbamates (subject to hydrolysis) is 1. The largest absolute Gasteiger partial charge is 0.444 e. The molecule has 4 aliphatic rings. The Morgan fingerprint density at radius 2 is 1.80 bits per heavy atom. The van der Waals surface area contributed by atoms with E-state index in [2.05, 4.69) is 15.4 Å². The number of hydrogen-bond donors (Lipinski definition) is 3. The molecule has 3 aliphatic heterocycles. The molecule has 6 rings (SSSR count). The maximum absolute atomic E-state index is 14.4. The van der Waals surface area contributed by atoms with Crippen molar-refractivity contribution < 1.29 is 41.9 Å². The van der Waals surface area contributed by atoms with Crippen molar-refractivity contribution in [1.29, 1.82) is 0 Å². The van der Waals surface area contributed by atoms with Gasteiger partial charge in [0.2, 0.25) is 11.8 Å². The molecule has 14 nitrogen and oxygen atoms in total. The van der Waals surface area contributed by atoms with Gasteiger partial charge < -0.3 is 25.0 Å². The summed E-state index contributed by atoms with van der Waals surface area (Å²) in [6.45, 7) is 5.48. The molecular weight excluding hydrogens is 781 g/mol. The first-order chi connectivity index (χ1) is 25.4. The van der Waals surface area contributed by atoms with E-state index in [9.17, 15) is 32.4 Å². The zero-order valence-electron chi connectivity index (χ0n) is 30.1. The molecule has 54 heavy (non-hydrogen) atoms. The monoisotopic (exact) mass is 823 g/mol. The lowest BCUT2D eigenvalue weighted by atomic mass is 10.0. The van der Waals surface area contributed by atoms with Crippen molar-refractivity contribution in [3.8, 4) is 0 Å². The molecule has 2 fully saturated rings. The fraction of sp³-hybridized carbons (Fsp3) is 0.528. The molecule has 0 spiro atoms. The number of allylic oxidation sites excluding steroid dienone is 1. The second-order valence-corrected chi connectivity index (χ2v) is 19.1. The third kappa shape index (κ3) is 9.15. The number of carbonyl (C=O) groups excluding carboxylic acids is 5. The first-order valence-corrected chi connectivity index (χ1v) is 20.8. The van der Waals surface area contributed by atoms with E-state index in [0.717, 1.165) is 28.9 Å². The summed E-state index contributed by atoms with van der Waals surface area (Å²) in [6.07, 6.45) is 4.25. The van der Waals surface area contributed by atoms with Gasteiger partial charge in [0.15, 0.2) is 0 Å². The van der Waals surface area contributed by atoms with Crippen LogP contribution in [0.15, 0.2) is 46.7 Å². The van der Waals surface area contributed by atoms with Gasteiger partial charge in [0.1, 0.15) is 33.5 Å². The van der Waals surface area contributed by atoms with Gasteiger partial charge in [0, 0.05) is 30.5 Å². The molecule has 0 bridgehead atoms. The highest BCUT2D eigenvalue weighted by atomic mass is 35.5. The molecule has 4 heterocycles. The Kier molecular flexibility index (Phi) is 11.6. The number of sulfonamides is 1. The highest BCUT2D eigenvalue weighted by molar-refractivity contribution is 7.92. The number of thiophene rings is 1. The van der Waals surface area contributed by atoms with Gasteiger partial charge in [-0.15, -0.1) is 11.3 Å². The molecule has 5 amide bonds. The summed E-state index contributed by atoms with van der Waals surface area (Å²) >= 11 is 12.9. The van der Waals surface area contributed by atoms with Crippen molar-refractivity contribution in [2.75, 3.05) is 6.54 Å². The Hall–Kier alpha value is -3.86. The van der Waals surface area contributed by atoms with Crippen molar-refractivity contribution in [2.45, 2.75) is 112 Å². The van der Waals surface area contributed by atoms with Crippen LogP contribution in [0.25, 0.3) is 0 Å². The predicted molar refractivity (Wildman–Crippen MR) is 200 cm³/mol. The van der Waals surface area contributed by atoms with Crippen molar-refractivity contribution in [1.82, 2.24) is 25.2 Å². The van der Waals surface area contributed by atoms with Gasteiger partial charge in [-0.05, 0) is 81.8 Å². The quantitative estimate of drug-likeness (QED) is 0.339. The molecule has 1 saturated carbocycles. The first-order valence-electron chi connectivity index (χ1n) is 17.8. The second-order valence-electron chi connectivity index (χ2n) is 15.0. The third-order valence-corrected chi connectivity index (χ3v) is 13.1. The lowest BCUT2D eigenvalue weighted by molar-refractivity contribution is -0.141. The van der Waals surface area contributed by atoms with Crippen LogP contribution in [0.4, 0.5) is 9.59 Å². The number of amides is 5. The lowest BCUT2D eigenvalue weighted by Gasteiger charge is -2.30. The molecule has 1 saturated heterocycles. The maximum Gasteiger partial charge on any atom is 0.410 e. The number of nitrogens with zero attached hydrogens (tertiary/aromatic N) is 2. The molecule has 3 N–H and O–H groups in total. The van der Waals surface area contributed by atoms with E-state index >= 15 is 0 Å². The third-order valence-electron chi connectivity index (χ3n) is 9.79. The number of halogens is 2. The number of fused-ring (bicyclic) bond motifs is 3. The zero-order valence-corrected chi connectivity index (χ0v) is 33.2. The van der Waals surface area contributed by atoms with Crippen molar-refractivity contribution in [2.24, 2.45) is 5.92 Å². The van der Waals surface area contributed by atoms with Gasteiger partial charge in [0.05, 0.1) is 10.9 Å². The topological polar surface area (TPSA) is 181 Å². The molecule has 292 valence electrons. The summed E-state index contributed by atoms with van der Waals surface area (Å²) in [6, 6.07) is 5.73. The van der Waals surface area contributed by atoms with Gasteiger partial charge in [-0.2, -0.15) is 0 Å². The SMILES string of the molecule is CC(C)(C)OC(=O)N[C@H]1CCCCC/C=C\[C@@H]2C[C@@]2(C(=O)NS(=O)(=O)c2ccc(Cl)s2)NC(=O)[C@@H]2C[C@@H](OC(=O)N3Cc4ccc(Cl)cc4C3)CN2C1=O. The number of hydrogen-bond acceptors (Lipinski definition) is 10. The van der Waals surface area contributed by atoms with E-state index in [-0.39, 0.29) is 40.9 Å². The summed E-state index contributed by atoms with van der Waals surface area (Å²) in [5.41, 5.74) is -0.678. The van der Waals surface area contributed by atoms with Crippen LogP contribution in [0.2, 0.25) is 9.36 Å². The fourth-order valence-electron chi connectivity index (χ4n) is 7.03. The molecule has 1 aromatic carbocycles. The van der Waals surface area contributed by atoms with Crippen molar-refractivity contribution in [3.05, 3.63) is 63.0 Å². The average Bonchev–Trinajstić information content (AvgIpc) is 3.44. The number of benzene rings is 1. The lowest BCUT2D eigenvalue weighted by Crippen LogP contribution is -2.58. The van der Waals surface area contributed by atoms with Crippen LogP contribution in [0.5, 0.6) is 0 Å². The van der Waals surface area contributed by atoms with Crippen LogP contribution in [-0.4, -0.2) is 84.0 Å². The van der Waals surface area contributed by atoms with Crippen molar-refractivity contribution >= 4 is 74.5 Å². The minimum absolute atomic E-state index is 0.112. The average molecular weight is 825 g/mol. The van der Waals surface area contributed by atoms with Crippen LogP contribution in [0, 0.1) is 5.92 Å². The van der Waals surface area contributed by atoms with Gasteiger partial charge in [-0.1, -0.05) is 54.3 Å². The number of ether oxygens (including phenoxy) is 2.